The van der Waals surface area contributed by atoms with Crippen LogP contribution in [0.4, 0.5) is 0 Å². The molecule has 5 heteroatoms. The van der Waals surface area contributed by atoms with Crippen molar-refractivity contribution in [1.82, 2.24) is 5.32 Å². The topological polar surface area (TPSA) is 63.2 Å². The Labute approximate surface area is 134 Å². The molecule has 1 amide bonds. The molecule has 0 bridgehead atoms. The summed E-state index contributed by atoms with van der Waals surface area (Å²) in [6.07, 6.45) is 4.44. The van der Waals surface area contributed by atoms with E-state index in [1.165, 1.54) is 12.7 Å². The highest BCUT2D eigenvalue weighted by molar-refractivity contribution is 7.89. The van der Waals surface area contributed by atoms with Gasteiger partial charge in [-0.05, 0) is 37.0 Å². The molecule has 1 aromatic rings. The summed E-state index contributed by atoms with van der Waals surface area (Å²) in [6, 6.07) is 6.88. The molecule has 1 N–H and O–H groups in total. The van der Waals surface area contributed by atoms with Crippen LogP contribution in [0.15, 0.2) is 24.3 Å². The highest BCUT2D eigenvalue weighted by Crippen LogP contribution is 2.10. The van der Waals surface area contributed by atoms with Gasteiger partial charge in [-0.15, -0.1) is 0 Å². The molecular formula is C17H27NO3S. The molecule has 22 heavy (non-hydrogen) atoms. The molecule has 1 aromatic carbocycles. The molecule has 0 saturated heterocycles. The van der Waals surface area contributed by atoms with Crippen LogP contribution in [0.3, 0.4) is 0 Å². The Morgan fingerprint density at radius 1 is 1.09 bits per heavy atom. The van der Waals surface area contributed by atoms with Crippen LogP contribution in [0.2, 0.25) is 0 Å². The van der Waals surface area contributed by atoms with Crippen molar-refractivity contribution in [2.45, 2.75) is 51.8 Å². The molecule has 124 valence electrons. The van der Waals surface area contributed by atoms with Crippen molar-refractivity contribution in [3.05, 3.63) is 35.4 Å². The normalized spacial score (nSPS) is 13.1. The van der Waals surface area contributed by atoms with Crippen LogP contribution in [-0.4, -0.2) is 26.6 Å². The Kier molecular flexibility index (Phi) is 7.07. The third-order valence-electron chi connectivity index (χ3n) is 3.44. The summed E-state index contributed by atoms with van der Waals surface area (Å²) in [4.78, 5) is 12.1. The fourth-order valence-corrected chi connectivity index (χ4v) is 3.06. The van der Waals surface area contributed by atoms with Gasteiger partial charge in [0.15, 0.2) is 9.84 Å². The summed E-state index contributed by atoms with van der Waals surface area (Å²) in [6.45, 7) is 6.40. The summed E-state index contributed by atoms with van der Waals surface area (Å²) in [7, 11) is -3.05. The van der Waals surface area contributed by atoms with E-state index in [2.05, 4.69) is 19.2 Å². The first kappa shape index (κ1) is 18.7. The van der Waals surface area contributed by atoms with Crippen molar-refractivity contribution in [3.8, 4) is 0 Å². The molecular weight excluding hydrogens is 298 g/mol. The number of carbonyl (C=O) groups is 1. The predicted molar refractivity (Wildman–Crippen MR) is 90.6 cm³/mol. The van der Waals surface area contributed by atoms with Crippen molar-refractivity contribution >= 4 is 15.7 Å². The van der Waals surface area contributed by atoms with Gasteiger partial charge in [0.25, 0.3) is 5.91 Å². The van der Waals surface area contributed by atoms with E-state index in [0.717, 1.165) is 12.8 Å². The van der Waals surface area contributed by atoms with Crippen molar-refractivity contribution in [3.63, 3.8) is 0 Å². The van der Waals surface area contributed by atoms with Crippen LogP contribution >= 0.6 is 0 Å². The van der Waals surface area contributed by atoms with E-state index in [4.69, 9.17) is 0 Å². The van der Waals surface area contributed by atoms with Gasteiger partial charge in [-0.3, -0.25) is 4.79 Å². The average molecular weight is 325 g/mol. The van der Waals surface area contributed by atoms with Crippen LogP contribution < -0.4 is 5.32 Å². The standard InChI is InChI=1S/C17H27NO3S/c1-13(2)6-5-7-14(3)18-17(19)16-10-8-15(9-11-16)12-22(4,20)21/h8-11,13-14H,5-7,12H2,1-4H3,(H,18,19)/t14-/m1/s1. The van der Waals surface area contributed by atoms with Crippen LogP contribution in [-0.2, 0) is 15.6 Å². The number of hydrogen-bond acceptors (Lipinski definition) is 3. The van der Waals surface area contributed by atoms with E-state index in [-0.39, 0.29) is 17.7 Å². The van der Waals surface area contributed by atoms with Crippen molar-refractivity contribution in [1.29, 1.82) is 0 Å². The second kappa shape index (κ2) is 8.32. The van der Waals surface area contributed by atoms with E-state index in [0.29, 0.717) is 17.0 Å². The Hall–Kier alpha value is -1.36. The van der Waals surface area contributed by atoms with Gasteiger partial charge in [0.05, 0.1) is 5.75 Å². The van der Waals surface area contributed by atoms with Crippen LogP contribution in [0, 0.1) is 5.92 Å². The van der Waals surface area contributed by atoms with Gasteiger partial charge >= 0.3 is 0 Å². The lowest BCUT2D eigenvalue weighted by atomic mass is 10.0. The fraction of sp³-hybridized carbons (Fsp3) is 0.588. The number of carbonyl (C=O) groups excluding carboxylic acids is 1. The smallest absolute Gasteiger partial charge is 0.251 e. The minimum atomic E-state index is -3.05. The molecule has 0 fully saturated rings. The third-order valence-corrected chi connectivity index (χ3v) is 4.30. The first-order valence-electron chi connectivity index (χ1n) is 7.75. The summed E-state index contributed by atoms with van der Waals surface area (Å²) >= 11 is 0. The van der Waals surface area contributed by atoms with Crippen LogP contribution in [0.1, 0.15) is 56.0 Å². The first-order chi connectivity index (χ1) is 10.2. The average Bonchev–Trinajstić information content (AvgIpc) is 2.37. The maximum atomic E-state index is 12.1. The SMILES string of the molecule is CC(C)CCC[C@@H](C)NC(=O)c1ccc(CS(C)(=O)=O)cc1. The number of amides is 1. The largest absolute Gasteiger partial charge is 0.350 e. The molecule has 0 spiro atoms. The summed E-state index contributed by atoms with van der Waals surface area (Å²) in [5, 5.41) is 2.98. The van der Waals surface area contributed by atoms with Gasteiger partial charge in [0.1, 0.15) is 0 Å². The van der Waals surface area contributed by atoms with E-state index < -0.39 is 9.84 Å². The third kappa shape index (κ3) is 7.59. The maximum Gasteiger partial charge on any atom is 0.251 e. The molecule has 0 aliphatic heterocycles. The maximum absolute atomic E-state index is 12.1. The number of hydrogen-bond donors (Lipinski definition) is 1. The van der Waals surface area contributed by atoms with Crippen molar-refractivity contribution in [2.75, 3.05) is 6.26 Å². The minimum absolute atomic E-state index is 0.000500. The second-order valence-electron chi connectivity index (χ2n) is 6.47. The Balaban J connectivity index is 2.52. The molecule has 1 rings (SSSR count). The predicted octanol–water partition coefficient (Wildman–Crippen LogP) is 3.18. The quantitative estimate of drug-likeness (QED) is 0.798. The lowest BCUT2D eigenvalue weighted by Crippen LogP contribution is -2.32. The molecule has 0 aliphatic rings. The van der Waals surface area contributed by atoms with E-state index in [1.54, 1.807) is 24.3 Å². The van der Waals surface area contributed by atoms with Gasteiger partial charge in [0.2, 0.25) is 0 Å². The number of nitrogens with one attached hydrogen (secondary N) is 1. The highest BCUT2D eigenvalue weighted by atomic mass is 32.2. The lowest BCUT2D eigenvalue weighted by Gasteiger charge is -2.14. The van der Waals surface area contributed by atoms with Gasteiger partial charge < -0.3 is 5.32 Å². The highest BCUT2D eigenvalue weighted by Gasteiger charge is 2.11. The molecule has 4 nitrogen and oxygen atoms in total. The van der Waals surface area contributed by atoms with Gasteiger partial charge in [-0.25, -0.2) is 8.42 Å². The molecule has 0 heterocycles. The van der Waals surface area contributed by atoms with Crippen molar-refractivity contribution < 1.29 is 13.2 Å². The van der Waals surface area contributed by atoms with Crippen LogP contribution in [0.25, 0.3) is 0 Å². The monoisotopic (exact) mass is 325 g/mol. The summed E-state index contributed by atoms with van der Waals surface area (Å²) < 4.78 is 22.5. The molecule has 1 atom stereocenters. The molecule has 0 radical (unpaired) electrons. The number of sulfone groups is 1. The second-order valence-corrected chi connectivity index (χ2v) is 8.61. The minimum Gasteiger partial charge on any atom is -0.350 e. The molecule has 0 aliphatic carbocycles. The molecule has 0 aromatic heterocycles. The molecule has 0 saturated carbocycles. The van der Waals surface area contributed by atoms with Gasteiger partial charge in [0, 0.05) is 17.9 Å². The summed E-state index contributed by atoms with van der Waals surface area (Å²) in [5.41, 5.74) is 1.26. The zero-order valence-electron chi connectivity index (χ0n) is 13.9. The van der Waals surface area contributed by atoms with Crippen LogP contribution in [0.5, 0.6) is 0 Å². The van der Waals surface area contributed by atoms with E-state index in [9.17, 15) is 13.2 Å². The summed E-state index contributed by atoms with van der Waals surface area (Å²) in [5.74, 6) is 0.578. The van der Waals surface area contributed by atoms with E-state index in [1.807, 2.05) is 6.92 Å². The zero-order chi connectivity index (χ0) is 16.8. The number of rotatable bonds is 8. The zero-order valence-corrected chi connectivity index (χ0v) is 14.7. The number of benzene rings is 1. The van der Waals surface area contributed by atoms with Gasteiger partial charge in [-0.2, -0.15) is 0 Å². The Morgan fingerprint density at radius 2 is 1.68 bits per heavy atom. The van der Waals surface area contributed by atoms with Crippen molar-refractivity contribution in [2.24, 2.45) is 5.92 Å². The van der Waals surface area contributed by atoms with E-state index >= 15 is 0 Å². The Morgan fingerprint density at radius 3 is 2.18 bits per heavy atom. The lowest BCUT2D eigenvalue weighted by molar-refractivity contribution is 0.0938. The Bertz CT molecular complexity index is 576. The first-order valence-corrected chi connectivity index (χ1v) is 9.81. The molecule has 0 unspecified atom stereocenters. The fourth-order valence-electron chi connectivity index (χ4n) is 2.27. The van der Waals surface area contributed by atoms with Gasteiger partial charge in [-0.1, -0.05) is 38.8 Å².